The second kappa shape index (κ2) is 6.14. The van der Waals surface area contributed by atoms with Crippen LogP contribution in [0.1, 0.15) is 51.8 Å². The van der Waals surface area contributed by atoms with E-state index in [-0.39, 0.29) is 17.4 Å². The number of pyridine rings is 1. The number of nitrogens with one attached hydrogen (secondary N) is 1. The number of H-pyrrole nitrogens is 1. The van der Waals surface area contributed by atoms with E-state index in [1.54, 1.807) is 12.4 Å². The third-order valence-corrected chi connectivity index (χ3v) is 4.25. The third kappa shape index (κ3) is 3.44. The van der Waals surface area contributed by atoms with Gasteiger partial charge < -0.3 is 4.90 Å². The summed E-state index contributed by atoms with van der Waals surface area (Å²) < 4.78 is 0. The molecule has 0 bridgehead atoms. The van der Waals surface area contributed by atoms with E-state index < -0.39 is 0 Å². The monoisotopic (exact) mass is 312 g/mol. The number of hydrogen-bond acceptors (Lipinski definition) is 3. The first-order valence-corrected chi connectivity index (χ1v) is 8.19. The second-order valence-electron chi connectivity index (χ2n) is 7.42. The molecule has 1 saturated heterocycles. The third-order valence-electron chi connectivity index (χ3n) is 4.25. The number of aromatic nitrogens is 3. The zero-order chi connectivity index (χ0) is 16.4. The molecule has 5 nitrogen and oxygen atoms in total. The molecule has 3 rings (SSSR count). The Balaban J connectivity index is 1.87. The number of aromatic amines is 1. The van der Waals surface area contributed by atoms with Crippen LogP contribution < -0.4 is 0 Å². The zero-order valence-corrected chi connectivity index (χ0v) is 14.0. The van der Waals surface area contributed by atoms with Crippen molar-refractivity contribution in [2.45, 2.75) is 46.1 Å². The Morgan fingerprint density at radius 1 is 1.35 bits per heavy atom. The number of carbonyl (C=O) groups is 1. The quantitative estimate of drug-likeness (QED) is 0.942. The van der Waals surface area contributed by atoms with Gasteiger partial charge in [0.2, 0.25) is 5.91 Å². The Hall–Kier alpha value is -2.17. The molecular formula is C18H24N4O. The highest BCUT2D eigenvalue weighted by molar-refractivity contribution is 5.78. The van der Waals surface area contributed by atoms with Gasteiger partial charge in [-0.1, -0.05) is 20.8 Å². The molecule has 23 heavy (non-hydrogen) atoms. The summed E-state index contributed by atoms with van der Waals surface area (Å²) in [5.41, 5.74) is 3.19. The van der Waals surface area contributed by atoms with E-state index in [9.17, 15) is 4.79 Å². The fourth-order valence-corrected chi connectivity index (χ4v) is 3.23. The van der Waals surface area contributed by atoms with Crippen molar-refractivity contribution in [1.29, 1.82) is 0 Å². The molecule has 1 amide bonds. The first kappa shape index (κ1) is 15.7. The molecule has 0 spiro atoms. The summed E-state index contributed by atoms with van der Waals surface area (Å²) in [5, 5.41) is 7.36. The van der Waals surface area contributed by atoms with Gasteiger partial charge in [-0.2, -0.15) is 5.10 Å². The van der Waals surface area contributed by atoms with Crippen molar-refractivity contribution in [2.75, 3.05) is 6.54 Å². The minimum Gasteiger partial charge on any atom is -0.334 e. The second-order valence-corrected chi connectivity index (χ2v) is 7.42. The minimum atomic E-state index is 0.00609. The molecule has 122 valence electrons. The lowest BCUT2D eigenvalue weighted by Crippen LogP contribution is -2.33. The zero-order valence-electron chi connectivity index (χ0n) is 14.0. The molecule has 0 aliphatic carbocycles. The van der Waals surface area contributed by atoms with Gasteiger partial charge in [-0.25, -0.2) is 0 Å². The van der Waals surface area contributed by atoms with Gasteiger partial charge in [0.15, 0.2) is 0 Å². The Bertz CT molecular complexity index is 672. The van der Waals surface area contributed by atoms with Gasteiger partial charge in [-0.05, 0) is 36.0 Å². The summed E-state index contributed by atoms with van der Waals surface area (Å²) in [6.07, 6.45) is 8.00. The van der Waals surface area contributed by atoms with Gasteiger partial charge in [0, 0.05) is 30.9 Å². The van der Waals surface area contributed by atoms with Gasteiger partial charge in [0.1, 0.15) is 0 Å². The van der Waals surface area contributed by atoms with Crippen LogP contribution in [0.2, 0.25) is 0 Å². The highest BCUT2D eigenvalue weighted by Crippen LogP contribution is 2.37. The van der Waals surface area contributed by atoms with Crippen molar-refractivity contribution >= 4 is 5.91 Å². The summed E-state index contributed by atoms with van der Waals surface area (Å²) in [6.45, 7) is 7.14. The smallest absolute Gasteiger partial charge is 0.223 e. The molecule has 0 aromatic carbocycles. The van der Waals surface area contributed by atoms with Crippen LogP contribution in [0.4, 0.5) is 0 Å². The predicted octanol–water partition coefficient (Wildman–Crippen LogP) is 3.57. The van der Waals surface area contributed by atoms with Gasteiger partial charge in [0.25, 0.3) is 0 Å². The number of amides is 1. The summed E-state index contributed by atoms with van der Waals surface area (Å²) in [7, 11) is 0. The van der Waals surface area contributed by atoms with Crippen LogP contribution in [0.5, 0.6) is 0 Å². The number of carbonyl (C=O) groups excluding carboxylic acids is 1. The normalized spacial score (nSPS) is 18.4. The van der Waals surface area contributed by atoms with Crippen LogP contribution >= 0.6 is 0 Å². The molecule has 3 heterocycles. The van der Waals surface area contributed by atoms with Crippen LogP contribution in [0.25, 0.3) is 11.1 Å². The topological polar surface area (TPSA) is 61.9 Å². The van der Waals surface area contributed by atoms with Crippen LogP contribution in [0, 0.1) is 5.41 Å². The van der Waals surface area contributed by atoms with Crippen molar-refractivity contribution < 1.29 is 4.79 Å². The maximum atomic E-state index is 12.7. The van der Waals surface area contributed by atoms with E-state index in [1.165, 1.54) is 0 Å². The highest BCUT2D eigenvalue weighted by Gasteiger charge is 2.34. The number of nitrogens with zero attached hydrogens (tertiary/aromatic N) is 3. The maximum Gasteiger partial charge on any atom is 0.223 e. The lowest BCUT2D eigenvalue weighted by atomic mass is 9.91. The fourth-order valence-electron chi connectivity index (χ4n) is 3.23. The van der Waals surface area contributed by atoms with Crippen LogP contribution in [0.3, 0.4) is 0 Å². The molecule has 1 aliphatic rings. The maximum absolute atomic E-state index is 12.7. The minimum absolute atomic E-state index is 0.00609. The van der Waals surface area contributed by atoms with E-state index in [1.807, 2.05) is 23.2 Å². The molecule has 2 aromatic rings. The van der Waals surface area contributed by atoms with Crippen molar-refractivity contribution in [3.63, 3.8) is 0 Å². The average molecular weight is 312 g/mol. The summed E-state index contributed by atoms with van der Waals surface area (Å²) in [6, 6.07) is 4.05. The Labute approximate surface area is 137 Å². The van der Waals surface area contributed by atoms with E-state index in [0.717, 1.165) is 36.2 Å². The van der Waals surface area contributed by atoms with Gasteiger partial charge in [-0.15, -0.1) is 0 Å². The largest absolute Gasteiger partial charge is 0.334 e. The van der Waals surface area contributed by atoms with Crippen LogP contribution in [0.15, 0.2) is 30.7 Å². The number of likely N-dealkylation sites (tertiary alicyclic amines) is 1. The fraction of sp³-hybridized carbons (Fsp3) is 0.500. The summed E-state index contributed by atoms with van der Waals surface area (Å²) >= 11 is 0. The van der Waals surface area contributed by atoms with E-state index in [4.69, 9.17) is 0 Å². The average Bonchev–Trinajstić information content (AvgIpc) is 3.15. The molecule has 5 heteroatoms. The molecule has 1 atom stereocenters. The molecular weight excluding hydrogens is 288 g/mol. The molecule has 1 N–H and O–H groups in total. The van der Waals surface area contributed by atoms with Crippen molar-refractivity contribution in [1.82, 2.24) is 20.1 Å². The molecule has 2 aromatic heterocycles. The predicted molar refractivity (Wildman–Crippen MR) is 89.6 cm³/mol. The standard InChI is InChI=1S/C18H24N4O/c1-18(2,3)11-16(23)22-10-4-5-15(22)17-14(12-20-21-17)13-6-8-19-9-7-13/h6-9,12,15H,4-5,10-11H2,1-3H3,(H,20,21)/t15-/m0/s1. The van der Waals surface area contributed by atoms with E-state index in [2.05, 4.69) is 36.0 Å². The SMILES string of the molecule is CC(C)(C)CC(=O)N1CCC[C@H]1c1[nH]ncc1-c1ccncc1. The summed E-state index contributed by atoms with van der Waals surface area (Å²) in [4.78, 5) is 18.8. The highest BCUT2D eigenvalue weighted by atomic mass is 16.2. The van der Waals surface area contributed by atoms with Gasteiger partial charge in [0.05, 0.1) is 17.9 Å². The molecule has 1 aliphatic heterocycles. The van der Waals surface area contributed by atoms with Crippen molar-refractivity contribution in [3.05, 3.63) is 36.4 Å². The Kier molecular flexibility index (Phi) is 4.20. The summed E-state index contributed by atoms with van der Waals surface area (Å²) in [5.74, 6) is 0.232. The Morgan fingerprint density at radius 2 is 2.09 bits per heavy atom. The first-order valence-electron chi connectivity index (χ1n) is 8.19. The van der Waals surface area contributed by atoms with Crippen molar-refractivity contribution in [2.24, 2.45) is 5.41 Å². The molecule has 0 unspecified atom stereocenters. The van der Waals surface area contributed by atoms with E-state index >= 15 is 0 Å². The van der Waals surface area contributed by atoms with Gasteiger partial charge >= 0.3 is 0 Å². The van der Waals surface area contributed by atoms with E-state index in [0.29, 0.717) is 6.42 Å². The van der Waals surface area contributed by atoms with Crippen LogP contribution in [-0.4, -0.2) is 32.5 Å². The molecule has 1 fully saturated rings. The number of hydrogen-bond donors (Lipinski definition) is 1. The lowest BCUT2D eigenvalue weighted by Gasteiger charge is -2.28. The molecule has 0 saturated carbocycles. The van der Waals surface area contributed by atoms with Gasteiger partial charge in [-0.3, -0.25) is 14.9 Å². The first-order chi connectivity index (χ1) is 11.0. The lowest BCUT2D eigenvalue weighted by molar-refractivity contribution is -0.134. The van der Waals surface area contributed by atoms with Crippen molar-refractivity contribution in [3.8, 4) is 11.1 Å². The Morgan fingerprint density at radius 3 is 2.78 bits per heavy atom. The van der Waals surface area contributed by atoms with Crippen LogP contribution in [-0.2, 0) is 4.79 Å². The number of rotatable bonds is 3. The molecule has 0 radical (unpaired) electrons.